The van der Waals surface area contributed by atoms with E-state index in [2.05, 4.69) is 10.5 Å². The molecule has 0 aliphatic heterocycles. The third-order valence-corrected chi connectivity index (χ3v) is 4.48. The van der Waals surface area contributed by atoms with Crippen molar-refractivity contribution in [3.05, 3.63) is 53.5 Å². The summed E-state index contributed by atoms with van der Waals surface area (Å²) in [6.45, 7) is 2.29. The molecule has 0 saturated carbocycles. The van der Waals surface area contributed by atoms with Crippen LogP contribution in [0.25, 0.3) is 11.3 Å². The summed E-state index contributed by atoms with van der Waals surface area (Å²) in [6, 6.07) is 5.53. The molecule has 1 amide bonds. The molecule has 0 atom stereocenters. The molecule has 3 aromatic rings. The predicted octanol–water partition coefficient (Wildman–Crippen LogP) is -0.255. The minimum atomic E-state index is -2.89. The third-order valence-electron chi connectivity index (χ3n) is 4.48. The number of carboxylic acid groups (broad SMARTS) is 1. The molecular weight excluding hydrogens is 439 g/mol. The Kier molecular flexibility index (Phi) is 8.95. The van der Waals surface area contributed by atoms with E-state index in [1.807, 2.05) is 0 Å². The van der Waals surface area contributed by atoms with Gasteiger partial charge in [0, 0.05) is 42.9 Å². The second-order valence-corrected chi connectivity index (χ2v) is 6.47. The molecule has 31 heavy (non-hydrogen) atoms. The predicted molar refractivity (Wildman–Crippen MR) is 99.9 cm³/mol. The van der Waals surface area contributed by atoms with E-state index in [-0.39, 0.29) is 92.7 Å². The van der Waals surface area contributed by atoms with Gasteiger partial charge in [0.15, 0.2) is 0 Å². The molecule has 0 unspecified atom stereocenters. The second kappa shape index (κ2) is 11.0. The summed E-state index contributed by atoms with van der Waals surface area (Å²) in [5.41, 5.74) is -0.270. The molecule has 0 fully saturated rings. The standard InChI is InChI=1S/C20H19F2N3O5.K/c1-2-25-9-13(20(28)29)14(10-25)23-16(27)8-7-15-17(19(21)22)18(24-30-15)11-3-5-12(26)6-4-11;/h3-6,9-10,19,26H,2,7-8H2,1H3,(H,23,27)(H,28,29);/q;+1/p-1. The summed E-state index contributed by atoms with van der Waals surface area (Å²) in [5.74, 6) is -2.18. The van der Waals surface area contributed by atoms with Crippen LogP contribution in [0.15, 0.2) is 41.2 Å². The van der Waals surface area contributed by atoms with E-state index in [9.17, 15) is 28.6 Å². The Morgan fingerprint density at radius 2 is 1.94 bits per heavy atom. The molecule has 2 aromatic heterocycles. The first-order valence-corrected chi connectivity index (χ1v) is 9.07. The van der Waals surface area contributed by atoms with Crippen molar-refractivity contribution in [3.63, 3.8) is 0 Å². The van der Waals surface area contributed by atoms with E-state index < -0.39 is 23.9 Å². The van der Waals surface area contributed by atoms with Gasteiger partial charge in [-0.05, 0) is 31.2 Å². The minimum Gasteiger partial charge on any atom is -0.545 e. The van der Waals surface area contributed by atoms with Gasteiger partial charge in [0.2, 0.25) is 5.91 Å². The van der Waals surface area contributed by atoms with Crippen molar-refractivity contribution in [3.8, 4) is 17.0 Å². The molecule has 8 nitrogen and oxygen atoms in total. The molecule has 2 heterocycles. The number of nitrogens with one attached hydrogen (secondary N) is 1. The van der Waals surface area contributed by atoms with Crippen LogP contribution in [0.2, 0.25) is 0 Å². The first-order valence-electron chi connectivity index (χ1n) is 9.07. The van der Waals surface area contributed by atoms with Gasteiger partial charge >= 0.3 is 51.4 Å². The Hall–Kier alpha value is -2.05. The van der Waals surface area contributed by atoms with Gasteiger partial charge in [-0.15, -0.1) is 0 Å². The van der Waals surface area contributed by atoms with Crippen molar-refractivity contribution in [2.45, 2.75) is 32.7 Å². The SMILES string of the molecule is CCn1cc(NC(=O)CCc2onc(-c3ccc(O)cc3)c2C(F)F)c(C(=O)[O-])c1.[K+]. The van der Waals surface area contributed by atoms with Gasteiger partial charge in [0.25, 0.3) is 6.43 Å². The maximum absolute atomic E-state index is 13.6. The monoisotopic (exact) mass is 457 g/mol. The number of phenols is 1. The first kappa shape index (κ1) is 25.2. The van der Waals surface area contributed by atoms with Crippen molar-refractivity contribution in [1.29, 1.82) is 0 Å². The van der Waals surface area contributed by atoms with Crippen molar-refractivity contribution in [2.75, 3.05) is 5.32 Å². The van der Waals surface area contributed by atoms with Gasteiger partial charge in [-0.1, -0.05) is 5.16 Å². The number of rotatable bonds is 8. The maximum atomic E-state index is 13.6. The van der Waals surface area contributed by atoms with Gasteiger partial charge in [0.1, 0.15) is 17.2 Å². The number of halogens is 2. The second-order valence-electron chi connectivity index (χ2n) is 6.47. The molecule has 0 spiro atoms. The van der Waals surface area contributed by atoms with Crippen LogP contribution in [-0.2, 0) is 17.8 Å². The topological polar surface area (TPSA) is 120 Å². The zero-order valence-corrected chi connectivity index (χ0v) is 20.0. The van der Waals surface area contributed by atoms with Crippen LogP contribution < -0.4 is 61.8 Å². The molecule has 0 radical (unpaired) electrons. The summed E-state index contributed by atoms with van der Waals surface area (Å²) in [6.07, 6.45) is -0.494. The molecule has 158 valence electrons. The fourth-order valence-electron chi connectivity index (χ4n) is 2.96. The van der Waals surface area contributed by atoms with Crippen LogP contribution in [-0.4, -0.2) is 26.7 Å². The number of phenolic OH excluding ortho intramolecular Hbond substituents is 1. The number of anilines is 1. The van der Waals surface area contributed by atoms with Gasteiger partial charge in [-0.25, -0.2) is 8.78 Å². The van der Waals surface area contributed by atoms with E-state index in [4.69, 9.17) is 4.52 Å². The van der Waals surface area contributed by atoms with Gasteiger partial charge in [0.05, 0.1) is 17.2 Å². The number of alkyl halides is 2. The molecule has 0 aliphatic rings. The Morgan fingerprint density at radius 1 is 1.26 bits per heavy atom. The summed E-state index contributed by atoms with van der Waals surface area (Å²) in [5, 5.41) is 26.7. The maximum Gasteiger partial charge on any atom is 1.00 e. The molecule has 1 aromatic carbocycles. The zero-order chi connectivity index (χ0) is 21.8. The van der Waals surface area contributed by atoms with Gasteiger partial charge in [-0.2, -0.15) is 0 Å². The average molecular weight is 457 g/mol. The van der Waals surface area contributed by atoms with Crippen molar-refractivity contribution in [1.82, 2.24) is 9.72 Å². The van der Waals surface area contributed by atoms with Crippen molar-refractivity contribution >= 4 is 17.6 Å². The largest absolute Gasteiger partial charge is 1.00 e. The number of aromatic carboxylic acids is 1. The summed E-state index contributed by atoms with van der Waals surface area (Å²) < 4.78 is 33.8. The number of nitrogens with zero attached hydrogens (tertiary/aromatic N) is 2. The molecule has 11 heteroatoms. The number of amides is 1. The molecule has 0 aliphatic carbocycles. The Bertz CT molecular complexity index is 1060. The summed E-state index contributed by atoms with van der Waals surface area (Å²) in [7, 11) is 0. The third kappa shape index (κ3) is 6.01. The van der Waals surface area contributed by atoms with Crippen LogP contribution in [0.5, 0.6) is 5.75 Å². The normalized spacial score (nSPS) is 10.7. The first-order chi connectivity index (χ1) is 14.3. The van der Waals surface area contributed by atoms with E-state index in [0.717, 1.165) is 0 Å². The zero-order valence-electron chi connectivity index (χ0n) is 16.9. The molecule has 0 bridgehead atoms. The van der Waals surface area contributed by atoms with E-state index in [0.29, 0.717) is 12.1 Å². The number of hydrogen-bond acceptors (Lipinski definition) is 6. The van der Waals surface area contributed by atoms with Gasteiger partial charge < -0.3 is 29.4 Å². The van der Waals surface area contributed by atoms with Crippen LogP contribution in [0.4, 0.5) is 14.5 Å². The number of carboxylic acids is 1. The molecule has 2 N–H and O–H groups in total. The number of aromatic nitrogens is 2. The van der Waals surface area contributed by atoms with Crippen LogP contribution >= 0.6 is 0 Å². The van der Waals surface area contributed by atoms with Crippen LogP contribution in [0.1, 0.15) is 41.5 Å². The van der Waals surface area contributed by atoms with E-state index in [1.54, 1.807) is 11.5 Å². The van der Waals surface area contributed by atoms with Crippen LogP contribution in [0, 0.1) is 0 Å². The van der Waals surface area contributed by atoms with Gasteiger partial charge in [-0.3, -0.25) is 4.79 Å². The molecule has 3 rings (SSSR count). The summed E-state index contributed by atoms with van der Waals surface area (Å²) in [4.78, 5) is 23.4. The minimum absolute atomic E-state index is 0. The number of aromatic hydroxyl groups is 1. The fraction of sp³-hybridized carbons (Fsp3) is 0.250. The number of carbonyl (C=O) groups is 2. The van der Waals surface area contributed by atoms with Crippen molar-refractivity contribution < 1.29 is 84.5 Å². The average Bonchev–Trinajstić information content (AvgIpc) is 3.31. The van der Waals surface area contributed by atoms with E-state index >= 15 is 0 Å². The Balaban J connectivity index is 0.00000341. The molecule has 0 saturated heterocycles. The number of hydrogen-bond donors (Lipinski definition) is 2. The number of carbonyl (C=O) groups excluding carboxylic acids is 2. The fourth-order valence-corrected chi connectivity index (χ4v) is 2.96. The summed E-state index contributed by atoms with van der Waals surface area (Å²) >= 11 is 0. The Labute approximate surface area is 218 Å². The molecular formula is C20H18F2KN3O5. The quantitative estimate of drug-likeness (QED) is 0.450. The van der Waals surface area contributed by atoms with E-state index in [1.165, 1.54) is 36.7 Å². The number of benzene rings is 1. The van der Waals surface area contributed by atoms with Crippen molar-refractivity contribution in [2.24, 2.45) is 0 Å². The Morgan fingerprint density at radius 3 is 2.52 bits per heavy atom. The smallest absolute Gasteiger partial charge is 0.545 e. The van der Waals surface area contributed by atoms with Crippen LogP contribution in [0.3, 0.4) is 0 Å². The number of aryl methyl sites for hydroxylation is 2.